The summed E-state index contributed by atoms with van der Waals surface area (Å²) in [5.41, 5.74) is 13.3. The Balaban J connectivity index is 1.79. The van der Waals surface area contributed by atoms with E-state index in [2.05, 4.69) is 20.6 Å². The molecule has 1 aliphatic heterocycles. The van der Waals surface area contributed by atoms with Gasteiger partial charge in [-0.1, -0.05) is 12.1 Å². The van der Waals surface area contributed by atoms with Gasteiger partial charge in [0.05, 0.1) is 12.8 Å². The predicted octanol–water partition coefficient (Wildman–Crippen LogP) is 2.35. The smallest absolute Gasteiger partial charge is 0.353 e. The molecule has 1 aromatic carbocycles. The van der Waals surface area contributed by atoms with E-state index in [0.29, 0.717) is 16.0 Å². The number of fused-ring (bicyclic) bond motifs is 1. The van der Waals surface area contributed by atoms with Crippen LogP contribution in [0.4, 0.5) is 17.3 Å². The maximum Gasteiger partial charge on any atom is 0.353 e. The summed E-state index contributed by atoms with van der Waals surface area (Å²) in [5.74, 6) is 0.322. The number of aliphatic imine (C=N–C) groups is 1. The van der Waals surface area contributed by atoms with Crippen LogP contribution in [-0.2, 0) is 0 Å². The predicted molar refractivity (Wildman–Crippen MR) is 122 cm³/mol. The number of nitriles is 2. The lowest BCUT2D eigenvalue weighted by Gasteiger charge is -2.26. The Labute approximate surface area is 191 Å². The van der Waals surface area contributed by atoms with E-state index >= 15 is 0 Å². The van der Waals surface area contributed by atoms with Crippen molar-refractivity contribution in [2.45, 2.75) is 6.04 Å². The van der Waals surface area contributed by atoms with E-state index in [4.69, 9.17) is 26.2 Å². The average Bonchev–Trinajstić information content (AvgIpc) is 3.34. The summed E-state index contributed by atoms with van der Waals surface area (Å²) in [5, 5.41) is 25.5. The van der Waals surface area contributed by atoms with Gasteiger partial charge in [-0.3, -0.25) is 5.32 Å². The molecular formula is C21H16N8O3S. The van der Waals surface area contributed by atoms with Gasteiger partial charge in [0.1, 0.15) is 34.2 Å². The van der Waals surface area contributed by atoms with Crippen LogP contribution in [0, 0.1) is 22.8 Å². The van der Waals surface area contributed by atoms with Crippen molar-refractivity contribution in [1.29, 1.82) is 10.5 Å². The first kappa shape index (κ1) is 21.4. The van der Waals surface area contributed by atoms with E-state index in [0.717, 1.165) is 0 Å². The average molecular weight is 460 g/mol. The molecule has 1 aliphatic rings. The lowest BCUT2D eigenvalue weighted by Crippen LogP contribution is -2.32. The van der Waals surface area contributed by atoms with Crippen LogP contribution in [0.2, 0.25) is 0 Å². The summed E-state index contributed by atoms with van der Waals surface area (Å²) in [7, 11) is 1.44. The number of benzene rings is 1. The molecule has 3 aromatic rings. The second kappa shape index (κ2) is 8.74. The Morgan fingerprint density at radius 1 is 1.27 bits per heavy atom. The number of nitrogen functional groups attached to an aromatic ring is 2. The Hall–Kier alpha value is -4.81. The number of nitrogens with two attached hydrogens (primary N) is 2. The van der Waals surface area contributed by atoms with Crippen molar-refractivity contribution < 1.29 is 14.3 Å². The molecule has 0 saturated carbocycles. The Morgan fingerprint density at radius 3 is 2.76 bits per heavy atom. The largest absolute Gasteiger partial charge is 0.493 e. The third-order valence-corrected chi connectivity index (χ3v) is 5.64. The molecule has 0 aliphatic carbocycles. The highest BCUT2D eigenvalue weighted by atomic mass is 32.1. The molecule has 3 heterocycles. The van der Waals surface area contributed by atoms with E-state index < -0.39 is 12.0 Å². The van der Waals surface area contributed by atoms with Gasteiger partial charge in [-0.15, -0.1) is 11.3 Å². The van der Waals surface area contributed by atoms with Gasteiger partial charge in [0.25, 0.3) is 0 Å². The summed E-state index contributed by atoms with van der Waals surface area (Å²) >= 11 is 1.26. The topological polar surface area (TPSA) is 184 Å². The number of hydrogen-bond donors (Lipinski definition) is 4. The Bertz CT molecular complexity index is 1360. The first-order valence-electron chi connectivity index (χ1n) is 9.39. The first-order valence-corrected chi connectivity index (χ1v) is 10.3. The third-order valence-electron chi connectivity index (χ3n) is 4.79. The second-order valence-corrected chi connectivity index (χ2v) is 7.63. The number of pyridine rings is 1. The fourth-order valence-corrected chi connectivity index (χ4v) is 3.90. The van der Waals surface area contributed by atoms with Crippen molar-refractivity contribution in [2.24, 2.45) is 4.99 Å². The zero-order valence-electron chi connectivity index (χ0n) is 17.1. The van der Waals surface area contributed by atoms with Crippen LogP contribution in [0.25, 0.3) is 0 Å². The molecule has 164 valence electrons. The lowest BCUT2D eigenvalue weighted by atomic mass is 9.95. The highest BCUT2D eigenvalue weighted by Crippen LogP contribution is 2.42. The van der Waals surface area contributed by atoms with E-state index in [-0.39, 0.29) is 40.3 Å². The minimum Gasteiger partial charge on any atom is -0.493 e. The fraction of sp³-hybridized carbons (Fsp3) is 0.0952. The number of aromatic nitrogens is 1. The summed E-state index contributed by atoms with van der Waals surface area (Å²) < 4.78 is 10.9. The van der Waals surface area contributed by atoms with Crippen molar-refractivity contribution in [2.75, 3.05) is 23.9 Å². The number of guanidine groups is 1. The van der Waals surface area contributed by atoms with Crippen molar-refractivity contribution in [3.05, 3.63) is 57.3 Å². The minimum absolute atomic E-state index is 0.0286. The van der Waals surface area contributed by atoms with Crippen LogP contribution in [-0.4, -0.2) is 24.0 Å². The van der Waals surface area contributed by atoms with E-state index in [1.54, 1.807) is 41.9 Å². The number of anilines is 3. The summed E-state index contributed by atoms with van der Waals surface area (Å²) in [4.78, 5) is 21.5. The van der Waals surface area contributed by atoms with Crippen LogP contribution in [0.15, 0.2) is 40.7 Å². The zero-order valence-corrected chi connectivity index (χ0v) is 17.9. The molecule has 11 nitrogen and oxygen atoms in total. The molecule has 0 spiro atoms. The number of nitrogens with zero attached hydrogens (tertiary/aromatic N) is 4. The molecule has 1 atom stereocenters. The van der Waals surface area contributed by atoms with Gasteiger partial charge in [-0.2, -0.15) is 10.5 Å². The van der Waals surface area contributed by atoms with Crippen molar-refractivity contribution in [3.63, 3.8) is 0 Å². The molecule has 0 bridgehead atoms. The Kier molecular flexibility index (Phi) is 5.67. The molecule has 12 heteroatoms. The summed E-state index contributed by atoms with van der Waals surface area (Å²) in [6.45, 7) is 0. The van der Waals surface area contributed by atoms with E-state index in [1.165, 1.54) is 18.4 Å². The standard InChI is InChI=1S/C21H16N8O3S/c1-31-13-7-10(4-5-12(13)32-20(30)14-3-2-6-33-14)17-15-16(24)11(8-22)18(25)28-19(15)29-21(27-17)26-9-23/h2-7,17H,1H3,(H6,24,25,26,27,28,29). The van der Waals surface area contributed by atoms with Crippen LogP contribution in [0.1, 0.15) is 32.4 Å². The van der Waals surface area contributed by atoms with Crippen molar-refractivity contribution >= 4 is 40.6 Å². The molecule has 2 aromatic heterocycles. The number of rotatable bonds is 4. The first-order chi connectivity index (χ1) is 16.0. The monoisotopic (exact) mass is 460 g/mol. The maximum absolute atomic E-state index is 12.4. The SMILES string of the molecule is COc1cc(C2N=C(NC#N)Nc3nc(N)c(C#N)c(N)c32)ccc1OC(=O)c1cccs1. The van der Waals surface area contributed by atoms with Gasteiger partial charge in [0.15, 0.2) is 17.7 Å². The number of hydrogen-bond acceptors (Lipinski definition) is 12. The Morgan fingerprint density at radius 2 is 2.09 bits per heavy atom. The van der Waals surface area contributed by atoms with Gasteiger partial charge in [-0.05, 0) is 29.1 Å². The van der Waals surface area contributed by atoms with Crippen molar-refractivity contribution in [3.8, 4) is 23.8 Å². The number of carbonyl (C=O) groups excluding carboxylic acids is 1. The number of esters is 1. The zero-order chi connectivity index (χ0) is 23.5. The van der Waals surface area contributed by atoms with Gasteiger partial charge in [0.2, 0.25) is 5.96 Å². The van der Waals surface area contributed by atoms with Gasteiger partial charge in [-0.25, -0.2) is 14.8 Å². The molecule has 0 amide bonds. The number of ether oxygens (including phenoxy) is 2. The molecule has 33 heavy (non-hydrogen) atoms. The number of nitrogens with one attached hydrogen (secondary N) is 2. The van der Waals surface area contributed by atoms with Gasteiger partial charge in [0, 0.05) is 5.56 Å². The summed E-state index contributed by atoms with van der Waals surface area (Å²) in [6.07, 6.45) is 1.79. The molecule has 4 rings (SSSR count). The van der Waals surface area contributed by atoms with Crippen molar-refractivity contribution in [1.82, 2.24) is 10.3 Å². The highest BCUT2D eigenvalue weighted by Gasteiger charge is 2.30. The van der Waals surface area contributed by atoms with E-state index in [9.17, 15) is 10.1 Å². The van der Waals surface area contributed by atoms with Gasteiger partial charge >= 0.3 is 5.97 Å². The van der Waals surface area contributed by atoms with Gasteiger partial charge < -0.3 is 26.3 Å². The highest BCUT2D eigenvalue weighted by molar-refractivity contribution is 7.12. The third kappa shape index (κ3) is 3.94. The number of methoxy groups -OCH3 is 1. The van der Waals surface area contributed by atoms with Crippen LogP contribution in [0.5, 0.6) is 11.5 Å². The molecular weight excluding hydrogens is 444 g/mol. The quantitative estimate of drug-likeness (QED) is 0.195. The molecule has 0 radical (unpaired) electrons. The molecule has 6 N–H and O–H groups in total. The second-order valence-electron chi connectivity index (χ2n) is 6.68. The van der Waals surface area contributed by atoms with Crippen LogP contribution < -0.4 is 31.6 Å². The maximum atomic E-state index is 12.4. The molecule has 0 fully saturated rings. The molecule has 1 unspecified atom stereocenters. The number of thiophene rings is 1. The van der Waals surface area contributed by atoms with Crippen LogP contribution in [0.3, 0.4) is 0 Å². The van der Waals surface area contributed by atoms with Crippen LogP contribution >= 0.6 is 11.3 Å². The fourth-order valence-electron chi connectivity index (χ4n) is 3.31. The molecule has 0 saturated heterocycles. The minimum atomic E-state index is -0.756. The summed E-state index contributed by atoms with van der Waals surface area (Å²) in [6, 6.07) is 9.48. The van der Waals surface area contributed by atoms with E-state index in [1.807, 2.05) is 6.07 Å². The lowest BCUT2D eigenvalue weighted by molar-refractivity contribution is 0.0734. The normalized spacial score (nSPS) is 14.0. The number of carbonyl (C=O) groups is 1.